The summed E-state index contributed by atoms with van der Waals surface area (Å²) in [5.74, 6) is 0.959. The van der Waals surface area contributed by atoms with Gasteiger partial charge in [0.15, 0.2) is 5.65 Å². The predicted octanol–water partition coefficient (Wildman–Crippen LogP) is 2.26. The van der Waals surface area contributed by atoms with Gasteiger partial charge in [0.25, 0.3) is 0 Å². The number of hydrogen-bond acceptors (Lipinski definition) is 5. The van der Waals surface area contributed by atoms with Gasteiger partial charge in [-0.05, 0) is 37.1 Å². The van der Waals surface area contributed by atoms with Crippen LogP contribution in [-0.4, -0.2) is 32.7 Å². The van der Waals surface area contributed by atoms with Gasteiger partial charge >= 0.3 is 0 Å². The third-order valence-corrected chi connectivity index (χ3v) is 3.90. The first kappa shape index (κ1) is 12.8. The molecular weight excluding hydrogens is 276 g/mol. The normalized spacial score (nSPS) is 14.4. The highest BCUT2D eigenvalue weighted by molar-refractivity contribution is 5.61. The second kappa shape index (κ2) is 5.11. The molecule has 0 radical (unpaired) electrons. The molecular formula is C16H14N6. The van der Waals surface area contributed by atoms with Gasteiger partial charge in [0.1, 0.15) is 23.3 Å². The molecule has 0 bridgehead atoms. The van der Waals surface area contributed by atoms with Crippen molar-refractivity contribution >= 4 is 11.5 Å². The number of nitriles is 1. The molecule has 0 atom stereocenters. The summed E-state index contributed by atoms with van der Waals surface area (Å²) in [4.78, 5) is 11.0. The Kier molecular flexibility index (Phi) is 2.97. The minimum Gasteiger partial charge on any atom is -0.355 e. The minimum absolute atomic E-state index is 0.392. The summed E-state index contributed by atoms with van der Waals surface area (Å²) in [7, 11) is 0. The van der Waals surface area contributed by atoms with E-state index in [-0.39, 0.29) is 0 Å². The highest BCUT2D eigenvalue weighted by atomic mass is 15.3. The van der Waals surface area contributed by atoms with E-state index in [1.165, 1.54) is 12.8 Å². The third kappa shape index (κ3) is 2.07. The van der Waals surface area contributed by atoms with Crippen molar-refractivity contribution in [1.29, 1.82) is 5.26 Å². The lowest BCUT2D eigenvalue weighted by molar-refractivity contribution is 0.861. The third-order valence-electron chi connectivity index (χ3n) is 3.90. The average molecular weight is 290 g/mol. The molecule has 0 aromatic carbocycles. The molecule has 0 amide bonds. The lowest BCUT2D eigenvalue weighted by atomic mass is 10.2. The number of imidazole rings is 1. The van der Waals surface area contributed by atoms with E-state index in [2.05, 4.69) is 20.9 Å². The van der Waals surface area contributed by atoms with Crippen LogP contribution in [-0.2, 0) is 0 Å². The number of anilines is 1. The van der Waals surface area contributed by atoms with Gasteiger partial charge in [-0.25, -0.2) is 14.5 Å². The second-order valence-electron chi connectivity index (χ2n) is 5.32. The molecule has 4 heterocycles. The summed E-state index contributed by atoms with van der Waals surface area (Å²) in [5.41, 5.74) is 2.68. The Morgan fingerprint density at radius 3 is 2.77 bits per heavy atom. The topological polar surface area (TPSA) is 70.1 Å². The molecule has 0 saturated carbocycles. The molecule has 22 heavy (non-hydrogen) atoms. The van der Waals surface area contributed by atoms with Gasteiger partial charge in [-0.2, -0.15) is 5.26 Å². The van der Waals surface area contributed by atoms with Crippen LogP contribution in [0.5, 0.6) is 0 Å². The number of fused-ring (bicyclic) bond motifs is 1. The monoisotopic (exact) mass is 290 g/mol. The van der Waals surface area contributed by atoms with E-state index in [1.807, 2.05) is 24.3 Å². The highest BCUT2D eigenvalue weighted by Crippen LogP contribution is 2.22. The Morgan fingerprint density at radius 1 is 1.09 bits per heavy atom. The summed E-state index contributed by atoms with van der Waals surface area (Å²) in [6.45, 7) is 2.09. The molecule has 0 unspecified atom stereocenters. The first-order chi connectivity index (χ1) is 10.8. The zero-order valence-electron chi connectivity index (χ0n) is 12.0. The van der Waals surface area contributed by atoms with Crippen LogP contribution in [0.2, 0.25) is 0 Å². The van der Waals surface area contributed by atoms with Crippen LogP contribution in [0.1, 0.15) is 18.5 Å². The molecule has 3 aromatic heterocycles. The maximum absolute atomic E-state index is 9.00. The molecule has 4 rings (SSSR count). The van der Waals surface area contributed by atoms with Crippen molar-refractivity contribution < 1.29 is 0 Å². The van der Waals surface area contributed by atoms with Crippen molar-refractivity contribution in [2.75, 3.05) is 18.0 Å². The van der Waals surface area contributed by atoms with Crippen molar-refractivity contribution in [3.8, 4) is 17.5 Å². The smallest absolute Gasteiger partial charge is 0.154 e. The van der Waals surface area contributed by atoms with Crippen LogP contribution < -0.4 is 4.90 Å². The summed E-state index contributed by atoms with van der Waals surface area (Å²) >= 11 is 0. The van der Waals surface area contributed by atoms with Crippen LogP contribution in [0, 0.1) is 11.3 Å². The lowest BCUT2D eigenvalue weighted by Crippen LogP contribution is -2.19. The molecule has 108 valence electrons. The molecule has 1 saturated heterocycles. The van der Waals surface area contributed by atoms with Gasteiger partial charge in [0.2, 0.25) is 0 Å². The largest absolute Gasteiger partial charge is 0.355 e. The Labute approximate surface area is 127 Å². The van der Waals surface area contributed by atoms with Crippen molar-refractivity contribution in [3.05, 3.63) is 42.2 Å². The van der Waals surface area contributed by atoms with Crippen LogP contribution in [0.4, 0.5) is 5.82 Å². The van der Waals surface area contributed by atoms with Crippen molar-refractivity contribution in [2.45, 2.75) is 12.8 Å². The van der Waals surface area contributed by atoms with Gasteiger partial charge in [0.05, 0.1) is 11.9 Å². The van der Waals surface area contributed by atoms with Crippen molar-refractivity contribution in [3.63, 3.8) is 0 Å². The Balaban J connectivity index is 1.83. The Hall–Kier alpha value is -2.94. The van der Waals surface area contributed by atoms with Crippen LogP contribution in [0.15, 0.2) is 36.5 Å². The number of hydrogen-bond donors (Lipinski definition) is 0. The number of nitrogens with zero attached hydrogens (tertiary/aromatic N) is 6. The van der Waals surface area contributed by atoms with Gasteiger partial charge in [-0.1, -0.05) is 6.07 Å². The molecule has 0 spiro atoms. The molecule has 6 nitrogen and oxygen atoms in total. The van der Waals surface area contributed by atoms with Crippen LogP contribution in [0.25, 0.3) is 17.0 Å². The fraction of sp³-hybridized carbons (Fsp3) is 0.250. The molecule has 0 N–H and O–H groups in total. The van der Waals surface area contributed by atoms with E-state index in [0.29, 0.717) is 11.4 Å². The quantitative estimate of drug-likeness (QED) is 0.724. The van der Waals surface area contributed by atoms with Gasteiger partial charge in [-0.15, -0.1) is 5.10 Å². The van der Waals surface area contributed by atoms with E-state index in [9.17, 15) is 0 Å². The van der Waals surface area contributed by atoms with Crippen molar-refractivity contribution in [1.82, 2.24) is 19.6 Å². The standard InChI is InChI=1S/C16H14N6/c17-10-12-4-3-5-13(19-12)14-11-18-15-6-7-16(20-22(14)15)21-8-1-2-9-21/h3-7,11H,1-2,8-9H2. The summed E-state index contributed by atoms with van der Waals surface area (Å²) in [6, 6.07) is 11.4. The second-order valence-corrected chi connectivity index (χ2v) is 5.32. The summed E-state index contributed by atoms with van der Waals surface area (Å²) in [5, 5.41) is 13.7. The molecule has 0 aliphatic carbocycles. The zero-order chi connectivity index (χ0) is 14.9. The molecule has 1 aliphatic heterocycles. The predicted molar refractivity (Wildman–Crippen MR) is 82.4 cm³/mol. The van der Waals surface area contributed by atoms with E-state index < -0.39 is 0 Å². The summed E-state index contributed by atoms with van der Waals surface area (Å²) in [6.07, 6.45) is 4.17. The maximum atomic E-state index is 9.00. The average Bonchev–Trinajstić information content (AvgIpc) is 3.23. The number of rotatable bonds is 2. The van der Waals surface area contributed by atoms with E-state index in [4.69, 9.17) is 10.4 Å². The van der Waals surface area contributed by atoms with Gasteiger partial charge in [0, 0.05) is 13.1 Å². The number of pyridine rings is 1. The maximum Gasteiger partial charge on any atom is 0.154 e. The van der Waals surface area contributed by atoms with Gasteiger partial charge in [-0.3, -0.25) is 0 Å². The summed E-state index contributed by atoms with van der Waals surface area (Å²) < 4.78 is 1.80. The number of aromatic nitrogens is 4. The van der Waals surface area contributed by atoms with Crippen LogP contribution >= 0.6 is 0 Å². The Morgan fingerprint density at radius 2 is 1.95 bits per heavy atom. The fourth-order valence-corrected chi connectivity index (χ4v) is 2.79. The lowest BCUT2D eigenvalue weighted by Gasteiger charge is -2.16. The van der Waals surface area contributed by atoms with E-state index >= 15 is 0 Å². The van der Waals surface area contributed by atoms with Crippen molar-refractivity contribution in [2.24, 2.45) is 0 Å². The zero-order valence-corrected chi connectivity index (χ0v) is 12.0. The minimum atomic E-state index is 0.392. The molecule has 6 heteroatoms. The Bertz CT molecular complexity index is 870. The molecule has 1 aliphatic rings. The molecule has 3 aromatic rings. The fourth-order valence-electron chi connectivity index (χ4n) is 2.79. The van der Waals surface area contributed by atoms with Crippen LogP contribution in [0.3, 0.4) is 0 Å². The highest BCUT2D eigenvalue weighted by Gasteiger charge is 2.16. The first-order valence-corrected chi connectivity index (χ1v) is 7.32. The molecule has 1 fully saturated rings. The van der Waals surface area contributed by atoms with Gasteiger partial charge < -0.3 is 4.90 Å². The SMILES string of the molecule is N#Cc1cccc(-c2cnc3ccc(N4CCCC4)nn23)n1. The first-order valence-electron chi connectivity index (χ1n) is 7.32. The van der Waals surface area contributed by atoms with E-state index in [0.717, 1.165) is 30.2 Å². The van der Waals surface area contributed by atoms with E-state index in [1.54, 1.807) is 16.8 Å².